The number of nitrogens with one attached hydrogen (secondary N) is 1. The molecule has 0 saturated carbocycles. The predicted molar refractivity (Wildman–Crippen MR) is 122 cm³/mol. The minimum Gasteiger partial charge on any atom is -0.354 e. The van der Waals surface area contributed by atoms with E-state index in [-0.39, 0.29) is 11.8 Å². The van der Waals surface area contributed by atoms with E-state index in [1.165, 1.54) is 0 Å². The first-order valence-corrected chi connectivity index (χ1v) is 10.7. The van der Waals surface area contributed by atoms with Gasteiger partial charge in [0.25, 0.3) is 0 Å². The summed E-state index contributed by atoms with van der Waals surface area (Å²) in [6, 6.07) is 17.0. The number of aromatic nitrogens is 2. The first-order chi connectivity index (χ1) is 14.5. The summed E-state index contributed by atoms with van der Waals surface area (Å²) in [7, 11) is 0. The highest BCUT2D eigenvalue weighted by molar-refractivity contribution is 6.31. The van der Waals surface area contributed by atoms with Crippen LogP contribution in [0.1, 0.15) is 18.4 Å². The zero-order valence-electron chi connectivity index (χ0n) is 16.6. The Hall–Kier alpha value is -2.63. The lowest BCUT2D eigenvalue weighted by molar-refractivity contribution is -0.120. The number of benzene rings is 2. The van der Waals surface area contributed by atoms with E-state index in [2.05, 4.69) is 20.4 Å². The number of piperidine rings is 1. The molecule has 0 radical (unpaired) electrons. The largest absolute Gasteiger partial charge is 0.354 e. The van der Waals surface area contributed by atoms with Gasteiger partial charge in [0, 0.05) is 34.4 Å². The molecule has 0 bridgehead atoms. The summed E-state index contributed by atoms with van der Waals surface area (Å²) >= 11 is 12.1. The Morgan fingerprint density at radius 2 is 1.87 bits per heavy atom. The minimum absolute atomic E-state index is 0.00497. The van der Waals surface area contributed by atoms with Crippen LogP contribution in [0.3, 0.4) is 0 Å². The van der Waals surface area contributed by atoms with Gasteiger partial charge in [-0.05, 0) is 61.7 Å². The minimum atomic E-state index is -0.114. The lowest BCUT2D eigenvalue weighted by atomic mass is 9.97. The highest BCUT2D eigenvalue weighted by atomic mass is 35.5. The van der Waals surface area contributed by atoms with Gasteiger partial charge >= 0.3 is 0 Å². The van der Waals surface area contributed by atoms with E-state index < -0.39 is 0 Å². The van der Waals surface area contributed by atoms with E-state index in [4.69, 9.17) is 23.2 Å². The molecule has 1 unspecified atom stereocenters. The van der Waals surface area contributed by atoms with Crippen LogP contribution >= 0.6 is 23.2 Å². The van der Waals surface area contributed by atoms with Crippen molar-refractivity contribution in [3.63, 3.8) is 0 Å². The Bertz CT molecular complexity index is 1040. The number of nitrogens with zero attached hydrogens (tertiary/aromatic N) is 3. The monoisotopic (exact) mass is 440 g/mol. The van der Waals surface area contributed by atoms with Crippen molar-refractivity contribution in [2.24, 2.45) is 5.92 Å². The molecular formula is C23H22Cl2N4O. The average molecular weight is 441 g/mol. The van der Waals surface area contributed by atoms with Gasteiger partial charge in [0.15, 0.2) is 5.82 Å². The molecule has 2 heterocycles. The first-order valence-electron chi connectivity index (χ1n) is 9.91. The Kier molecular flexibility index (Phi) is 6.21. The molecule has 1 fully saturated rings. The Labute approximate surface area is 186 Å². The SMILES string of the molecule is Cc1ccc(NC(=O)C2CCCN(c3ccc(-c4ccc(Cl)cc4)nn3)C2)cc1Cl. The topological polar surface area (TPSA) is 58.1 Å². The van der Waals surface area contributed by atoms with Gasteiger partial charge in [-0.2, -0.15) is 0 Å². The Morgan fingerprint density at radius 3 is 2.57 bits per heavy atom. The number of hydrogen-bond acceptors (Lipinski definition) is 4. The highest BCUT2D eigenvalue weighted by Gasteiger charge is 2.27. The molecule has 1 amide bonds. The van der Waals surface area contributed by atoms with E-state index in [1.807, 2.05) is 55.5 Å². The van der Waals surface area contributed by atoms with Crippen molar-refractivity contribution in [1.29, 1.82) is 0 Å². The molecule has 0 spiro atoms. The average Bonchev–Trinajstić information content (AvgIpc) is 2.77. The molecule has 1 aliphatic rings. The molecule has 30 heavy (non-hydrogen) atoms. The second-order valence-corrected chi connectivity index (χ2v) is 8.37. The summed E-state index contributed by atoms with van der Waals surface area (Å²) in [5.74, 6) is 0.672. The van der Waals surface area contributed by atoms with Crippen LogP contribution in [0.4, 0.5) is 11.5 Å². The highest BCUT2D eigenvalue weighted by Crippen LogP contribution is 2.26. The first kappa shape index (κ1) is 20.6. The number of amides is 1. The summed E-state index contributed by atoms with van der Waals surface area (Å²) in [6.45, 7) is 3.40. The smallest absolute Gasteiger partial charge is 0.229 e. The molecule has 1 atom stereocenters. The van der Waals surface area contributed by atoms with Crippen LogP contribution < -0.4 is 10.2 Å². The van der Waals surface area contributed by atoms with Gasteiger partial charge in [0.1, 0.15) is 0 Å². The van der Waals surface area contributed by atoms with Crippen molar-refractivity contribution in [3.05, 3.63) is 70.2 Å². The molecule has 7 heteroatoms. The van der Waals surface area contributed by atoms with Crippen molar-refractivity contribution >= 4 is 40.6 Å². The number of aryl methyl sites for hydroxylation is 1. The van der Waals surface area contributed by atoms with Crippen molar-refractivity contribution in [2.75, 3.05) is 23.3 Å². The van der Waals surface area contributed by atoms with E-state index in [0.29, 0.717) is 16.6 Å². The molecule has 0 aliphatic carbocycles. The van der Waals surface area contributed by atoms with Crippen LogP contribution in [0.25, 0.3) is 11.3 Å². The standard InChI is InChI=1S/C23H22Cl2N4O/c1-15-4-9-19(13-20(15)25)26-23(30)17-3-2-12-29(14-17)22-11-10-21(27-28-22)16-5-7-18(24)8-6-16/h4-11,13,17H,2-3,12,14H2,1H3,(H,26,30). The van der Waals surface area contributed by atoms with Crippen LogP contribution in [0, 0.1) is 12.8 Å². The van der Waals surface area contributed by atoms with Crippen molar-refractivity contribution in [1.82, 2.24) is 10.2 Å². The molecule has 2 aromatic carbocycles. The maximum atomic E-state index is 12.8. The zero-order valence-corrected chi connectivity index (χ0v) is 18.1. The lowest BCUT2D eigenvalue weighted by Gasteiger charge is -2.32. The van der Waals surface area contributed by atoms with Crippen LogP contribution in [0.2, 0.25) is 10.0 Å². The lowest BCUT2D eigenvalue weighted by Crippen LogP contribution is -2.41. The molecule has 5 nitrogen and oxygen atoms in total. The summed E-state index contributed by atoms with van der Waals surface area (Å²) in [5, 5.41) is 13.1. The molecule has 1 aliphatic heterocycles. The number of rotatable bonds is 4. The normalized spacial score (nSPS) is 16.4. The van der Waals surface area contributed by atoms with Crippen molar-refractivity contribution in [2.45, 2.75) is 19.8 Å². The summed E-state index contributed by atoms with van der Waals surface area (Å²) in [6.07, 6.45) is 1.77. The van der Waals surface area contributed by atoms with Crippen molar-refractivity contribution < 1.29 is 4.79 Å². The van der Waals surface area contributed by atoms with Gasteiger partial charge in [-0.1, -0.05) is 41.4 Å². The fourth-order valence-corrected chi connectivity index (χ4v) is 3.89. The predicted octanol–water partition coefficient (Wildman–Crippen LogP) is 5.61. The third kappa shape index (κ3) is 4.74. The molecule has 3 aromatic rings. The van der Waals surface area contributed by atoms with Crippen LogP contribution in [0.15, 0.2) is 54.6 Å². The second-order valence-electron chi connectivity index (χ2n) is 7.52. The Morgan fingerprint density at radius 1 is 1.07 bits per heavy atom. The van der Waals surface area contributed by atoms with Crippen LogP contribution in [-0.2, 0) is 4.79 Å². The number of anilines is 2. The molecule has 4 rings (SSSR count). The summed E-state index contributed by atoms with van der Waals surface area (Å²) < 4.78 is 0. The maximum Gasteiger partial charge on any atom is 0.229 e. The summed E-state index contributed by atoms with van der Waals surface area (Å²) in [5.41, 5.74) is 3.46. The third-order valence-electron chi connectivity index (χ3n) is 5.35. The molecule has 154 valence electrons. The molecule has 1 N–H and O–H groups in total. The second kappa shape index (κ2) is 9.02. The van der Waals surface area contributed by atoms with Gasteiger partial charge in [0.05, 0.1) is 11.6 Å². The molecular weight excluding hydrogens is 419 g/mol. The van der Waals surface area contributed by atoms with Gasteiger partial charge in [-0.3, -0.25) is 4.79 Å². The van der Waals surface area contributed by atoms with Gasteiger partial charge in [-0.25, -0.2) is 0 Å². The fourth-order valence-electron chi connectivity index (χ4n) is 3.58. The van der Waals surface area contributed by atoms with E-state index in [0.717, 1.165) is 47.7 Å². The quantitative estimate of drug-likeness (QED) is 0.572. The number of hydrogen-bond donors (Lipinski definition) is 1. The number of carbonyl (C=O) groups excluding carboxylic acids is 1. The van der Waals surface area contributed by atoms with Crippen LogP contribution in [0.5, 0.6) is 0 Å². The maximum absolute atomic E-state index is 12.8. The Balaban J connectivity index is 1.42. The van der Waals surface area contributed by atoms with E-state index >= 15 is 0 Å². The summed E-state index contributed by atoms with van der Waals surface area (Å²) in [4.78, 5) is 14.9. The zero-order chi connectivity index (χ0) is 21.1. The molecule has 1 aromatic heterocycles. The fraction of sp³-hybridized carbons (Fsp3) is 0.261. The van der Waals surface area contributed by atoms with Crippen LogP contribution in [-0.4, -0.2) is 29.2 Å². The van der Waals surface area contributed by atoms with Gasteiger partial charge in [-0.15, -0.1) is 10.2 Å². The number of carbonyl (C=O) groups is 1. The number of halogens is 2. The third-order valence-corrected chi connectivity index (χ3v) is 6.01. The van der Waals surface area contributed by atoms with Crippen molar-refractivity contribution in [3.8, 4) is 11.3 Å². The van der Waals surface area contributed by atoms with E-state index in [1.54, 1.807) is 6.07 Å². The van der Waals surface area contributed by atoms with E-state index in [9.17, 15) is 4.79 Å². The van der Waals surface area contributed by atoms with Gasteiger partial charge in [0.2, 0.25) is 5.91 Å². The van der Waals surface area contributed by atoms with Gasteiger partial charge < -0.3 is 10.2 Å². The molecule has 1 saturated heterocycles.